The van der Waals surface area contributed by atoms with Gasteiger partial charge in [0.25, 0.3) is 0 Å². The van der Waals surface area contributed by atoms with E-state index in [1.165, 1.54) is 0 Å². The molecule has 2 N–H and O–H groups in total. The maximum atomic E-state index is 5.77. The third-order valence-electron chi connectivity index (χ3n) is 2.71. The van der Waals surface area contributed by atoms with Gasteiger partial charge in [-0.1, -0.05) is 0 Å². The summed E-state index contributed by atoms with van der Waals surface area (Å²) in [4.78, 5) is 6.61. The lowest BCUT2D eigenvalue weighted by Gasteiger charge is -2.26. The molecular weight excluding hydrogens is 218 g/mol. The molecular formula is C12H21N3S. The fourth-order valence-electron chi connectivity index (χ4n) is 1.48. The van der Waals surface area contributed by atoms with Crippen LogP contribution in [0.1, 0.15) is 25.6 Å². The first-order valence-corrected chi connectivity index (χ1v) is 6.89. The van der Waals surface area contributed by atoms with Crippen LogP contribution in [0.25, 0.3) is 0 Å². The predicted octanol–water partition coefficient (Wildman–Crippen LogP) is 2.29. The molecule has 4 heteroatoms. The summed E-state index contributed by atoms with van der Waals surface area (Å²) in [5.74, 6) is 1.12. The normalized spacial score (nSPS) is 14.6. The Balaban J connectivity index is 2.73. The molecule has 0 amide bonds. The van der Waals surface area contributed by atoms with E-state index in [-0.39, 0.29) is 6.04 Å². The highest BCUT2D eigenvalue weighted by molar-refractivity contribution is 7.98. The van der Waals surface area contributed by atoms with Crippen molar-refractivity contribution in [3.05, 3.63) is 24.0 Å². The molecule has 0 aliphatic carbocycles. The fourth-order valence-corrected chi connectivity index (χ4v) is 2.19. The van der Waals surface area contributed by atoms with Crippen molar-refractivity contribution < 1.29 is 0 Å². The predicted molar refractivity (Wildman–Crippen MR) is 73.1 cm³/mol. The van der Waals surface area contributed by atoms with Crippen molar-refractivity contribution in [2.45, 2.75) is 25.9 Å². The Morgan fingerprint density at radius 2 is 2.12 bits per heavy atom. The van der Waals surface area contributed by atoms with Crippen LogP contribution in [0.5, 0.6) is 0 Å². The molecule has 1 unspecified atom stereocenters. The van der Waals surface area contributed by atoms with Gasteiger partial charge >= 0.3 is 0 Å². The molecule has 0 bridgehead atoms. The number of hydrogen-bond donors (Lipinski definition) is 1. The number of aromatic nitrogens is 1. The average molecular weight is 239 g/mol. The van der Waals surface area contributed by atoms with E-state index < -0.39 is 0 Å². The topological polar surface area (TPSA) is 42.1 Å². The maximum absolute atomic E-state index is 5.77. The molecule has 16 heavy (non-hydrogen) atoms. The number of pyridine rings is 1. The van der Waals surface area contributed by atoms with Crippen molar-refractivity contribution >= 4 is 17.4 Å². The van der Waals surface area contributed by atoms with Gasteiger partial charge in [0, 0.05) is 24.9 Å². The minimum Gasteiger partial charge on any atom is -0.370 e. The van der Waals surface area contributed by atoms with Crippen LogP contribution in [0.3, 0.4) is 0 Å². The molecule has 90 valence electrons. The van der Waals surface area contributed by atoms with Crippen LogP contribution in [-0.2, 0) is 0 Å². The molecule has 0 aromatic carbocycles. The molecule has 0 saturated heterocycles. The Bertz CT molecular complexity index is 311. The quantitative estimate of drug-likeness (QED) is 0.856. The molecule has 0 spiro atoms. The number of thioether (sulfide) groups is 1. The molecule has 1 aromatic rings. The third kappa shape index (κ3) is 3.39. The lowest BCUT2D eigenvalue weighted by molar-refractivity contribution is 0.753. The van der Waals surface area contributed by atoms with E-state index in [9.17, 15) is 0 Å². The van der Waals surface area contributed by atoms with Gasteiger partial charge in [0.05, 0.1) is 17.6 Å². The minimum absolute atomic E-state index is 0.00276. The van der Waals surface area contributed by atoms with Crippen LogP contribution < -0.4 is 10.6 Å². The van der Waals surface area contributed by atoms with Gasteiger partial charge in [-0.15, -0.1) is 0 Å². The Morgan fingerprint density at radius 1 is 1.44 bits per heavy atom. The van der Waals surface area contributed by atoms with Crippen LogP contribution in [0.15, 0.2) is 18.3 Å². The molecule has 0 fully saturated rings. The van der Waals surface area contributed by atoms with E-state index in [0.29, 0.717) is 6.04 Å². The number of rotatable bonds is 5. The van der Waals surface area contributed by atoms with E-state index in [1.54, 1.807) is 0 Å². The van der Waals surface area contributed by atoms with Crippen molar-refractivity contribution in [3.63, 3.8) is 0 Å². The monoisotopic (exact) mass is 239 g/mol. The second-order valence-corrected chi connectivity index (χ2v) is 5.06. The van der Waals surface area contributed by atoms with Crippen LogP contribution in [0, 0.1) is 0 Å². The zero-order valence-corrected chi connectivity index (χ0v) is 11.3. The Morgan fingerprint density at radius 3 is 2.56 bits per heavy atom. The molecule has 0 saturated carbocycles. The highest BCUT2D eigenvalue weighted by Crippen LogP contribution is 2.17. The van der Waals surface area contributed by atoms with Crippen molar-refractivity contribution in [3.8, 4) is 0 Å². The summed E-state index contributed by atoms with van der Waals surface area (Å²) in [6, 6.07) is 4.60. The summed E-state index contributed by atoms with van der Waals surface area (Å²) in [6.45, 7) is 4.16. The minimum atomic E-state index is 0.00276. The number of nitrogens with two attached hydrogens (primary N) is 1. The van der Waals surface area contributed by atoms with E-state index in [2.05, 4.69) is 36.2 Å². The van der Waals surface area contributed by atoms with Crippen LogP contribution in [-0.4, -0.2) is 30.1 Å². The van der Waals surface area contributed by atoms with Crippen molar-refractivity contribution in [2.24, 2.45) is 5.73 Å². The first-order chi connectivity index (χ1) is 7.56. The van der Waals surface area contributed by atoms with Gasteiger partial charge in [-0.25, -0.2) is 0 Å². The second kappa shape index (κ2) is 6.11. The Hall–Kier alpha value is -0.740. The van der Waals surface area contributed by atoms with Crippen LogP contribution >= 0.6 is 11.8 Å². The first kappa shape index (κ1) is 13.3. The van der Waals surface area contributed by atoms with Crippen LogP contribution in [0.2, 0.25) is 0 Å². The van der Waals surface area contributed by atoms with Crippen LogP contribution in [0.4, 0.5) is 5.69 Å². The molecule has 1 heterocycles. The van der Waals surface area contributed by atoms with Crippen molar-refractivity contribution in [1.29, 1.82) is 0 Å². The summed E-state index contributed by atoms with van der Waals surface area (Å²) >= 11 is 1.86. The fraction of sp³-hybridized carbons (Fsp3) is 0.583. The van der Waals surface area contributed by atoms with Gasteiger partial charge in [-0.05, 0) is 32.2 Å². The van der Waals surface area contributed by atoms with E-state index in [1.807, 2.05) is 30.9 Å². The third-order valence-corrected chi connectivity index (χ3v) is 3.53. The molecule has 3 nitrogen and oxygen atoms in total. The molecule has 1 aromatic heterocycles. The van der Waals surface area contributed by atoms with E-state index in [4.69, 9.17) is 5.73 Å². The number of anilines is 1. The van der Waals surface area contributed by atoms with Gasteiger partial charge in [0.2, 0.25) is 0 Å². The van der Waals surface area contributed by atoms with E-state index >= 15 is 0 Å². The molecule has 1 rings (SSSR count). The number of nitrogens with zero attached hydrogens (tertiary/aromatic N) is 2. The lowest BCUT2D eigenvalue weighted by Crippen LogP contribution is -2.30. The van der Waals surface area contributed by atoms with Crippen molar-refractivity contribution in [1.82, 2.24) is 4.98 Å². The standard InChI is InChI=1S/C12H21N3S/c1-9(8-16-4)15(3)11-5-6-12(10(2)13)14-7-11/h5-7,9-10H,8,13H2,1-4H3/t9?,10-/m1/s1. The van der Waals surface area contributed by atoms with Gasteiger partial charge in [-0.2, -0.15) is 11.8 Å². The summed E-state index contributed by atoms with van der Waals surface area (Å²) in [7, 11) is 2.10. The smallest absolute Gasteiger partial charge is 0.0569 e. The largest absolute Gasteiger partial charge is 0.370 e. The molecule has 0 aliphatic heterocycles. The maximum Gasteiger partial charge on any atom is 0.0569 e. The Kier molecular flexibility index (Phi) is 5.09. The van der Waals surface area contributed by atoms with Gasteiger partial charge < -0.3 is 10.6 Å². The van der Waals surface area contributed by atoms with Gasteiger partial charge in [0.1, 0.15) is 0 Å². The molecule has 0 radical (unpaired) electrons. The lowest BCUT2D eigenvalue weighted by atomic mass is 10.2. The average Bonchev–Trinajstić information content (AvgIpc) is 2.28. The zero-order chi connectivity index (χ0) is 12.1. The summed E-state index contributed by atoms with van der Waals surface area (Å²) in [5.41, 5.74) is 7.85. The SMILES string of the molecule is CSCC(C)N(C)c1ccc([C@@H](C)N)nc1. The highest BCUT2D eigenvalue weighted by Gasteiger charge is 2.10. The zero-order valence-electron chi connectivity index (χ0n) is 10.5. The molecule has 2 atom stereocenters. The van der Waals surface area contributed by atoms with Gasteiger partial charge in [0.15, 0.2) is 0 Å². The Labute approximate surface area is 102 Å². The summed E-state index contributed by atoms with van der Waals surface area (Å²) in [6.07, 6.45) is 4.03. The second-order valence-electron chi connectivity index (χ2n) is 4.15. The first-order valence-electron chi connectivity index (χ1n) is 5.49. The molecule has 0 aliphatic rings. The van der Waals surface area contributed by atoms with Gasteiger partial charge in [-0.3, -0.25) is 4.98 Å². The number of hydrogen-bond acceptors (Lipinski definition) is 4. The summed E-state index contributed by atoms with van der Waals surface area (Å²) in [5, 5.41) is 0. The van der Waals surface area contributed by atoms with Crippen molar-refractivity contribution in [2.75, 3.05) is 24.0 Å². The van der Waals surface area contributed by atoms with E-state index in [0.717, 1.165) is 17.1 Å². The summed E-state index contributed by atoms with van der Waals surface area (Å²) < 4.78 is 0. The highest BCUT2D eigenvalue weighted by atomic mass is 32.2.